The Bertz CT molecular complexity index is 733. The molecule has 0 radical (unpaired) electrons. The highest BCUT2D eigenvalue weighted by atomic mass is 79.9. The van der Waals surface area contributed by atoms with E-state index in [4.69, 9.17) is 11.6 Å². The molecule has 2 N–H and O–H groups in total. The van der Waals surface area contributed by atoms with E-state index in [2.05, 4.69) is 41.7 Å². The van der Waals surface area contributed by atoms with Crippen LogP contribution in [0.3, 0.4) is 0 Å². The van der Waals surface area contributed by atoms with E-state index in [0.29, 0.717) is 16.8 Å². The molecule has 0 saturated heterocycles. The predicted molar refractivity (Wildman–Crippen MR) is 92.0 cm³/mol. The molecule has 1 aromatic heterocycles. The lowest BCUT2D eigenvalue weighted by Gasteiger charge is -2.08. The van der Waals surface area contributed by atoms with Crippen LogP contribution in [0.1, 0.15) is 0 Å². The summed E-state index contributed by atoms with van der Waals surface area (Å²) in [6.07, 6.45) is 1.55. The Morgan fingerprint density at radius 2 is 1.73 bits per heavy atom. The van der Waals surface area contributed by atoms with Crippen molar-refractivity contribution in [3.63, 3.8) is 0 Å². The number of benzene rings is 2. The molecule has 0 saturated carbocycles. The summed E-state index contributed by atoms with van der Waals surface area (Å²) in [7, 11) is 0. The minimum absolute atomic E-state index is 0.408. The minimum atomic E-state index is 0.408. The molecule has 22 heavy (non-hydrogen) atoms. The Morgan fingerprint density at radius 1 is 0.955 bits per heavy atom. The van der Waals surface area contributed by atoms with Crippen molar-refractivity contribution in [2.75, 3.05) is 10.6 Å². The lowest BCUT2D eigenvalue weighted by Crippen LogP contribution is -2.02. The first-order chi connectivity index (χ1) is 10.7. The van der Waals surface area contributed by atoms with E-state index in [0.717, 1.165) is 15.8 Å². The van der Waals surface area contributed by atoms with E-state index in [1.165, 1.54) is 0 Å². The van der Waals surface area contributed by atoms with E-state index < -0.39 is 0 Å². The van der Waals surface area contributed by atoms with Gasteiger partial charge in [0.15, 0.2) is 5.82 Å². The van der Waals surface area contributed by atoms with Crippen molar-refractivity contribution in [2.45, 2.75) is 0 Å². The second-order valence-electron chi connectivity index (χ2n) is 4.44. The van der Waals surface area contributed by atoms with Gasteiger partial charge in [-0.1, -0.05) is 39.7 Å². The zero-order valence-electron chi connectivity index (χ0n) is 11.3. The topological polar surface area (TPSA) is 62.7 Å². The fourth-order valence-electron chi connectivity index (χ4n) is 1.83. The molecule has 5 nitrogen and oxygen atoms in total. The van der Waals surface area contributed by atoms with E-state index >= 15 is 0 Å². The normalized spacial score (nSPS) is 10.3. The van der Waals surface area contributed by atoms with Crippen LogP contribution in [-0.2, 0) is 0 Å². The van der Waals surface area contributed by atoms with Gasteiger partial charge in [0.05, 0.1) is 6.20 Å². The SMILES string of the molecule is Clc1cccc(Nc2cnnc(Nc3cccc(Br)c3)n2)c1. The quantitative estimate of drug-likeness (QED) is 0.686. The van der Waals surface area contributed by atoms with Gasteiger partial charge in [-0.2, -0.15) is 10.1 Å². The molecule has 7 heteroatoms. The summed E-state index contributed by atoms with van der Waals surface area (Å²) >= 11 is 9.38. The molecule has 3 aromatic rings. The van der Waals surface area contributed by atoms with Gasteiger partial charge in [-0.25, -0.2) is 0 Å². The van der Waals surface area contributed by atoms with E-state index in [-0.39, 0.29) is 0 Å². The van der Waals surface area contributed by atoms with Gasteiger partial charge in [0.1, 0.15) is 0 Å². The number of rotatable bonds is 4. The van der Waals surface area contributed by atoms with Gasteiger partial charge in [0, 0.05) is 20.9 Å². The predicted octanol–water partition coefficient (Wildman–Crippen LogP) is 4.77. The molecule has 0 atom stereocenters. The van der Waals surface area contributed by atoms with Crippen LogP contribution >= 0.6 is 27.5 Å². The van der Waals surface area contributed by atoms with Crippen LogP contribution in [0.15, 0.2) is 59.2 Å². The number of aromatic nitrogens is 3. The molecule has 110 valence electrons. The van der Waals surface area contributed by atoms with Crippen LogP contribution in [0.25, 0.3) is 0 Å². The lowest BCUT2D eigenvalue weighted by molar-refractivity contribution is 0.982. The summed E-state index contributed by atoms with van der Waals surface area (Å²) in [4.78, 5) is 4.37. The Balaban J connectivity index is 1.78. The van der Waals surface area contributed by atoms with Crippen molar-refractivity contribution >= 4 is 50.7 Å². The first-order valence-corrected chi connectivity index (χ1v) is 7.61. The van der Waals surface area contributed by atoms with Crippen LogP contribution in [0.2, 0.25) is 5.02 Å². The highest BCUT2D eigenvalue weighted by molar-refractivity contribution is 9.10. The van der Waals surface area contributed by atoms with Crippen molar-refractivity contribution in [2.24, 2.45) is 0 Å². The highest BCUT2D eigenvalue weighted by Gasteiger charge is 2.03. The van der Waals surface area contributed by atoms with E-state index in [1.807, 2.05) is 48.5 Å². The molecule has 0 aliphatic carbocycles. The first-order valence-electron chi connectivity index (χ1n) is 6.44. The monoisotopic (exact) mass is 375 g/mol. The molecule has 0 aliphatic rings. The highest BCUT2D eigenvalue weighted by Crippen LogP contribution is 2.21. The average Bonchev–Trinajstić information content (AvgIpc) is 2.47. The summed E-state index contributed by atoms with van der Waals surface area (Å²) < 4.78 is 0.971. The molecule has 1 heterocycles. The number of nitrogens with zero attached hydrogens (tertiary/aromatic N) is 3. The third-order valence-corrected chi connectivity index (χ3v) is 3.46. The maximum Gasteiger partial charge on any atom is 0.249 e. The number of hydrogen-bond donors (Lipinski definition) is 2. The summed E-state index contributed by atoms with van der Waals surface area (Å²) in [6, 6.07) is 15.1. The van der Waals surface area contributed by atoms with Gasteiger partial charge in [0.2, 0.25) is 5.95 Å². The Hall–Kier alpha value is -2.18. The van der Waals surface area contributed by atoms with E-state index in [9.17, 15) is 0 Å². The molecule has 0 amide bonds. The molecular weight excluding hydrogens is 366 g/mol. The second-order valence-corrected chi connectivity index (χ2v) is 5.79. The van der Waals surface area contributed by atoms with Gasteiger partial charge in [-0.15, -0.1) is 5.10 Å². The summed E-state index contributed by atoms with van der Waals surface area (Å²) in [6.45, 7) is 0. The number of nitrogens with one attached hydrogen (secondary N) is 2. The van der Waals surface area contributed by atoms with Crippen LogP contribution in [-0.4, -0.2) is 15.2 Å². The maximum absolute atomic E-state index is 5.96. The standard InChI is InChI=1S/C15H11BrClN5/c16-10-3-1-5-12(7-10)20-15-21-14(9-18-22-15)19-13-6-2-4-11(17)8-13/h1-9H,(H2,19,20,21,22). The fourth-order valence-corrected chi connectivity index (χ4v) is 2.42. The third-order valence-electron chi connectivity index (χ3n) is 2.74. The van der Waals surface area contributed by atoms with Gasteiger partial charge < -0.3 is 10.6 Å². The van der Waals surface area contributed by atoms with Crippen LogP contribution in [0, 0.1) is 0 Å². The average molecular weight is 377 g/mol. The van der Waals surface area contributed by atoms with Gasteiger partial charge in [-0.3, -0.25) is 0 Å². The zero-order valence-corrected chi connectivity index (χ0v) is 13.6. The summed E-state index contributed by atoms with van der Waals surface area (Å²) in [5.74, 6) is 0.986. The zero-order chi connectivity index (χ0) is 15.4. The largest absolute Gasteiger partial charge is 0.339 e. The van der Waals surface area contributed by atoms with Crippen molar-refractivity contribution in [1.82, 2.24) is 15.2 Å². The lowest BCUT2D eigenvalue weighted by atomic mass is 10.3. The van der Waals surface area contributed by atoms with Gasteiger partial charge >= 0.3 is 0 Å². The molecule has 0 aliphatic heterocycles. The first kappa shape index (κ1) is 14.7. The van der Waals surface area contributed by atoms with Crippen LogP contribution < -0.4 is 10.6 Å². The maximum atomic E-state index is 5.96. The summed E-state index contributed by atoms with van der Waals surface area (Å²) in [5, 5.41) is 14.8. The molecule has 0 bridgehead atoms. The summed E-state index contributed by atoms with van der Waals surface area (Å²) in [5.41, 5.74) is 1.71. The van der Waals surface area contributed by atoms with Crippen LogP contribution in [0.4, 0.5) is 23.1 Å². The Kier molecular flexibility index (Phi) is 4.50. The number of hydrogen-bond acceptors (Lipinski definition) is 5. The van der Waals surface area contributed by atoms with Crippen molar-refractivity contribution in [1.29, 1.82) is 0 Å². The Morgan fingerprint density at radius 3 is 2.50 bits per heavy atom. The van der Waals surface area contributed by atoms with Gasteiger partial charge in [0.25, 0.3) is 0 Å². The minimum Gasteiger partial charge on any atom is -0.339 e. The van der Waals surface area contributed by atoms with E-state index in [1.54, 1.807) is 6.20 Å². The van der Waals surface area contributed by atoms with Crippen molar-refractivity contribution in [3.05, 3.63) is 64.2 Å². The molecule has 0 unspecified atom stereocenters. The molecule has 0 fully saturated rings. The van der Waals surface area contributed by atoms with Crippen LogP contribution in [0.5, 0.6) is 0 Å². The molecular formula is C15H11BrClN5. The molecule has 3 rings (SSSR count). The second kappa shape index (κ2) is 6.72. The third kappa shape index (κ3) is 3.93. The smallest absolute Gasteiger partial charge is 0.249 e. The fraction of sp³-hybridized carbons (Fsp3) is 0. The van der Waals surface area contributed by atoms with Gasteiger partial charge in [-0.05, 0) is 36.4 Å². The Labute approximate surface area is 140 Å². The molecule has 2 aromatic carbocycles. The number of anilines is 4. The van der Waals surface area contributed by atoms with Crippen molar-refractivity contribution < 1.29 is 0 Å². The van der Waals surface area contributed by atoms with Crippen molar-refractivity contribution in [3.8, 4) is 0 Å². The number of halogens is 2. The molecule has 0 spiro atoms.